The Bertz CT molecular complexity index is 595. The Morgan fingerprint density at radius 1 is 1.46 bits per heavy atom. The maximum atomic E-state index is 12.6. The molecule has 1 N–H and O–H groups in total. The van der Waals surface area contributed by atoms with E-state index in [1.807, 2.05) is 26.2 Å². The molecule has 24 heavy (non-hydrogen) atoms. The van der Waals surface area contributed by atoms with Crippen molar-refractivity contribution in [1.82, 2.24) is 9.88 Å². The molecule has 5 nitrogen and oxygen atoms in total. The van der Waals surface area contributed by atoms with Crippen LogP contribution in [0, 0.1) is 5.41 Å². The molecule has 0 saturated carbocycles. The van der Waals surface area contributed by atoms with Gasteiger partial charge in [-0.3, -0.25) is 9.59 Å². The Hall–Kier alpha value is -1.08. The average molecular weight is 370 g/mol. The van der Waals surface area contributed by atoms with Gasteiger partial charge in [-0.25, -0.2) is 4.98 Å². The van der Waals surface area contributed by atoms with Crippen molar-refractivity contribution in [2.24, 2.45) is 5.41 Å². The second-order valence-corrected chi connectivity index (χ2v) is 9.35. The first-order chi connectivity index (χ1) is 11.2. The highest BCUT2D eigenvalue weighted by molar-refractivity contribution is 7.99. The molecule has 134 valence electrons. The van der Waals surface area contributed by atoms with Gasteiger partial charge in [0.1, 0.15) is 6.04 Å². The van der Waals surface area contributed by atoms with Crippen LogP contribution >= 0.6 is 23.1 Å². The summed E-state index contributed by atoms with van der Waals surface area (Å²) in [5.41, 5.74) is 0.936. The van der Waals surface area contributed by atoms with E-state index in [1.54, 1.807) is 16.7 Å². The van der Waals surface area contributed by atoms with Crippen LogP contribution in [0.1, 0.15) is 59.1 Å². The van der Waals surface area contributed by atoms with Gasteiger partial charge in [-0.15, -0.1) is 23.1 Å². The van der Waals surface area contributed by atoms with Crippen LogP contribution in [0.4, 0.5) is 5.13 Å². The number of hydrogen-bond donors (Lipinski definition) is 1. The minimum atomic E-state index is -0.402. The van der Waals surface area contributed by atoms with E-state index < -0.39 is 6.04 Å². The Morgan fingerprint density at radius 2 is 2.17 bits per heavy atom. The number of carbonyl (C=O) groups is 2. The lowest BCUT2D eigenvalue weighted by Gasteiger charge is -2.26. The zero-order chi connectivity index (χ0) is 17.9. The summed E-state index contributed by atoms with van der Waals surface area (Å²) in [5.74, 6) is 1.53. The number of thioether (sulfide) groups is 1. The summed E-state index contributed by atoms with van der Waals surface area (Å²) in [6.07, 6.45) is 1.47. The van der Waals surface area contributed by atoms with Crippen LogP contribution in [0.25, 0.3) is 0 Å². The van der Waals surface area contributed by atoms with E-state index in [0.717, 1.165) is 12.1 Å². The third-order valence-electron chi connectivity index (χ3n) is 4.06. The largest absolute Gasteiger partial charge is 0.321 e. The van der Waals surface area contributed by atoms with Crippen molar-refractivity contribution in [2.45, 2.75) is 59.4 Å². The Kier molecular flexibility index (Phi) is 6.31. The molecular formula is C17H27N3O2S2. The minimum absolute atomic E-state index is 0.0482. The first-order valence-electron chi connectivity index (χ1n) is 8.34. The minimum Gasteiger partial charge on any atom is -0.321 e. The third kappa shape index (κ3) is 4.96. The van der Waals surface area contributed by atoms with Gasteiger partial charge < -0.3 is 10.2 Å². The molecule has 7 heteroatoms. The van der Waals surface area contributed by atoms with E-state index in [2.05, 4.69) is 24.1 Å². The predicted octanol–water partition coefficient (Wildman–Crippen LogP) is 3.93. The fourth-order valence-electron chi connectivity index (χ4n) is 2.43. The first-order valence-corrected chi connectivity index (χ1v) is 10.4. The fraction of sp³-hybridized carbons (Fsp3) is 0.706. The lowest BCUT2D eigenvalue weighted by atomic mass is 9.91. The zero-order valence-corrected chi connectivity index (χ0v) is 16.7. The molecular weight excluding hydrogens is 342 g/mol. The molecule has 0 radical (unpaired) electrons. The van der Waals surface area contributed by atoms with Crippen molar-refractivity contribution in [3.8, 4) is 0 Å². The van der Waals surface area contributed by atoms with Crippen LogP contribution in [-0.4, -0.2) is 39.4 Å². The van der Waals surface area contributed by atoms with Crippen LogP contribution in [0.3, 0.4) is 0 Å². The molecule has 0 spiro atoms. The number of nitrogens with one attached hydrogen (secondary N) is 1. The number of carbonyl (C=O) groups excluding carboxylic acids is 2. The maximum absolute atomic E-state index is 12.6. The molecule has 2 unspecified atom stereocenters. The second kappa shape index (κ2) is 7.87. The molecule has 1 fully saturated rings. The predicted molar refractivity (Wildman–Crippen MR) is 101 cm³/mol. The molecule has 1 saturated heterocycles. The normalized spacial score (nSPS) is 19.4. The Balaban J connectivity index is 2.00. The summed E-state index contributed by atoms with van der Waals surface area (Å²) in [7, 11) is 0. The molecule has 2 atom stereocenters. The number of amides is 2. The summed E-state index contributed by atoms with van der Waals surface area (Å²) in [4.78, 5) is 31.3. The quantitative estimate of drug-likeness (QED) is 0.854. The smallest absolute Gasteiger partial charge is 0.249 e. The van der Waals surface area contributed by atoms with Gasteiger partial charge in [-0.1, -0.05) is 34.6 Å². The van der Waals surface area contributed by atoms with Gasteiger partial charge in [0.05, 0.1) is 11.6 Å². The lowest BCUT2D eigenvalue weighted by Crippen LogP contribution is -2.45. The number of nitrogens with zero attached hydrogens (tertiary/aromatic N) is 2. The van der Waals surface area contributed by atoms with Crippen molar-refractivity contribution < 1.29 is 9.59 Å². The highest BCUT2D eigenvalue weighted by Gasteiger charge is 2.36. The molecule has 2 rings (SSSR count). The molecule has 2 amide bonds. The van der Waals surface area contributed by atoms with Crippen molar-refractivity contribution in [1.29, 1.82) is 0 Å². The van der Waals surface area contributed by atoms with E-state index in [4.69, 9.17) is 0 Å². The fourth-order valence-corrected chi connectivity index (χ4v) is 4.44. The van der Waals surface area contributed by atoms with Gasteiger partial charge in [-0.05, 0) is 17.8 Å². The number of aromatic nitrogens is 1. The monoisotopic (exact) mass is 369 g/mol. The number of thiazole rings is 1. The molecule has 0 bridgehead atoms. The van der Waals surface area contributed by atoms with Gasteiger partial charge >= 0.3 is 0 Å². The highest BCUT2D eigenvalue weighted by Crippen LogP contribution is 2.28. The van der Waals surface area contributed by atoms with E-state index in [1.165, 1.54) is 11.3 Å². The molecule has 0 aromatic carbocycles. The second-order valence-electron chi connectivity index (χ2n) is 7.49. The summed E-state index contributed by atoms with van der Waals surface area (Å²) in [5, 5.41) is 5.51. The van der Waals surface area contributed by atoms with Gasteiger partial charge in [0.2, 0.25) is 11.8 Å². The number of anilines is 1. The average Bonchev–Trinajstić information content (AvgIpc) is 3.13. The van der Waals surface area contributed by atoms with E-state index in [9.17, 15) is 9.59 Å². The lowest BCUT2D eigenvalue weighted by molar-refractivity contribution is -0.137. The Morgan fingerprint density at radius 3 is 2.79 bits per heavy atom. The molecule has 2 heterocycles. The summed E-state index contributed by atoms with van der Waals surface area (Å²) >= 11 is 3.07. The van der Waals surface area contributed by atoms with Crippen LogP contribution in [0.2, 0.25) is 0 Å². The maximum Gasteiger partial charge on any atom is 0.249 e. The standard InChI is InChI=1S/C17H27N3O2S2/c1-6-11(2)12-8-24-16(18-12)19-15(22)13-9-23-10-20(13)14(21)7-17(3,4)5/h8,11,13H,6-7,9-10H2,1-5H3,(H,18,19,22). The SMILES string of the molecule is CCC(C)c1csc(NC(=O)C2CSCN2C(=O)CC(C)(C)C)n1. The summed E-state index contributed by atoms with van der Waals surface area (Å²) < 4.78 is 0. The van der Waals surface area contributed by atoms with Gasteiger partial charge in [0.25, 0.3) is 0 Å². The van der Waals surface area contributed by atoms with E-state index in [0.29, 0.717) is 29.1 Å². The topological polar surface area (TPSA) is 62.3 Å². The first kappa shape index (κ1) is 19.2. The van der Waals surface area contributed by atoms with Gasteiger partial charge in [-0.2, -0.15) is 0 Å². The third-order valence-corrected chi connectivity index (χ3v) is 5.84. The van der Waals surface area contributed by atoms with Gasteiger partial charge in [0, 0.05) is 17.6 Å². The van der Waals surface area contributed by atoms with Crippen molar-refractivity contribution in [2.75, 3.05) is 16.9 Å². The van der Waals surface area contributed by atoms with E-state index >= 15 is 0 Å². The van der Waals surface area contributed by atoms with Crippen molar-refractivity contribution in [3.05, 3.63) is 11.1 Å². The number of rotatable bonds is 5. The Labute approximate surface area is 152 Å². The summed E-state index contributed by atoms with van der Waals surface area (Å²) in [6, 6.07) is -0.402. The molecule has 1 aliphatic rings. The number of hydrogen-bond acceptors (Lipinski definition) is 5. The van der Waals surface area contributed by atoms with Crippen LogP contribution in [0.5, 0.6) is 0 Å². The molecule has 1 aromatic heterocycles. The van der Waals surface area contributed by atoms with Gasteiger partial charge in [0.15, 0.2) is 5.13 Å². The molecule has 1 aromatic rings. The van der Waals surface area contributed by atoms with Crippen molar-refractivity contribution in [3.63, 3.8) is 0 Å². The summed E-state index contributed by atoms with van der Waals surface area (Å²) in [6.45, 7) is 10.4. The van der Waals surface area contributed by atoms with Crippen molar-refractivity contribution >= 4 is 40.0 Å². The van der Waals surface area contributed by atoms with Crippen LogP contribution in [0.15, 0.2) is 5.38 Å². The molecule has 0 aliphatic carbocycles. The van der Waals surface area contributed by atoms with E-state index in [-0.39, 0.29) is 17.2 Å². The van der Waals surface area contributed by atoms with Crippen LogP contribution < -0.4 is 5.32 Å². The van der Waals surface area contributed by atoms with Crippen LogP contribution in [-0.2, 0) is 9.59 Å². The zero-order valence-electron chi connectivity index (χ0n) is 15.1. The highest BCUT2D eigenvalue weighted by atomic mass is 32.2. The molecule has 1 aliphatic heterocycles.